The highest BCUT2D eigenvalue weighted by Gasteiger charge is 2.25. The second-order valence-corrected chi connectivity index (χ2v) is 8.52. The summed E-state index contributed by atoms with van der Waals surface area (Å²) in [7, 11) is 0. The zero-order valence-corrected chi connectivity index (χ0v) is 18.6. The van der Waals surface area contributed by atoms with Crippen molar-refractivity contribution in [3.63, 3.8) is 0 Å². The predicted octanol–water partition coefficient (Wildman–Crippen LogP) is 3.18. The highest BCUT2D eigenvalue weighted by Crippen LogP contribution is 2.25. The fraction of sp³-hybridized carbons (Fsp3) is 0.455. The van der Waals surface area contributed by atoms with Crippen molar-refractivity contribution in [2.75, 3.05) is 35.6 Å². The van der Waals surface area contributed by atoms with Gasteiger partial charge in [-0.3, -0.25) is 9.59 Å². The van der Waals surface area contributed by atoms with E-state index in [0.717, 1.165) is 53.6 Å². The summed E-state index contributed by atoms with van der Waals surface area (Å²) in [5.41, 5.74) is 3.00. The van der Waals surface area contributed by atoms with Gasteiger partial charge in [0.05, 0.1) is 5.75 Å². The lowest BCUT2D eigenvalue weighted by Crippen LogP contribution is -2.40. The van der Waals surface area contributed by atoms with E-state index in [2.05, 4.69) is 25.5 Å². The van der Waals surface area contributed by atoms with Gasteiger partial charge in [0.2, 0.25) is 11.8 Å². The molecular weight excluding hydrogens is 398 g/mol. The SMILES string of the molecule is CCNC(=O)C1CCN(c2cc(SCC(=O)Nc3cc(C)ccc3C)ncn2)CC1. The van der Waals surface area contributed by atoms with Crippen LogP contribution in [0.3, 0.4) is 0 Å². The maximum absolute atomic E-state index is 12.4. The third kappa shape index (κ3) is 5.95. The van der Waals surface area contributed by atoms with Crippen LogP contribution in [0.25, 0.3) is 0 Å². The van der Waals surface area contributed by atoms with Gasteiger partial charge >= 0.3 is 0 Å². The first-order valence-electron chi connectivity index (χ1n) is 10.3. The van der Waals surface area contributed by atoms with Gasteiger partial charge in [-0.25, -0.2) is 9.97 Å². The molecule has 1 aromatic carbocycles. The molecule has 2 heterocycles. The second kappa shape index (κ2) is 10.4. The van der Waals surface area contributed by atoms with Crippen molar-refractivity contribution in [1.29, 1.82) is 0 Å². The lowest BCUT2D eigenvalue weighted by molar-refractivity contribution is -0.125. The summed E-state index contributed by atoms with van der Waals surface area (Å²) in [6.45, 7) is 8.17. The van der Waals surface area contributed by atoms with E-state index in [-0.39, 0.29) is 23.5 Å². The Morgan fingerprint density at radius 2 is 1.93 bits per heavy atom. The molecule has 0 spiro atoms. The number of thioether (sulfide) groups is 1. The molecule has 0 bridgehead atoms. The van der Waals surface area contributed by atoms with Crippen molar-refractivity contribution >= 4 is 35.1 Å². The van der Waals surface area contributed by atoms with Crippen LogP contribution in [0.15, 0.2) is 35.6 Å². The molecule has 2 amide bonds. The van der Waals surface area contributed by atoms with Gasteiger partial charge in [0.15, 0.2) is 0 Å². The van der Waals surface area contributed by atoms with Crippen LogP contribution >= 0.6 is 11.8 Å². The third-order valence-electron chi connectivity index (χ3n) is 5.19. The number of carbonyl (C=O) groups is 2. The first-order valence-corrected chi connectivity index (χ1v) is 11.3. The van der Waals surface area contributed by atoms with Crippen molar-refractivity contribution in [2.24, 2.45) is 5.92 Å². The summed E-state index contributed by atoms with van der Waals surface area (Å²) in [6.07, 6.45) is 3.17. The summed E-state index contributed by atoms with van der Waals surface area (Å²) in [5, 5.41) is 6.65. The van der Waals surface area contributed by atoms with E-state index in [1.54, 1.807) is 0 Å². The largest absolute Gasteiger partial charge is 0.356 e. The average molecular weight is 428 g/mol. The molecule has 0 radical (unpaired) electrons. The highest BCUT2D eigenvalue weighted by molar-refractivity contribution is 7.99. The number of anilines is 2. The molecule has 2 aromatic rings. The maximum Gasteiger partial charge on any atom is 0.234 e. The number of carbonyl (C=O) groups excluding carboxylic acids is 2. The molecule has 1 aromatic heterocycles. The van der Waals surface area contributed by atoms with Crippen LogP contribution in [0, 0.1) is 19.8 Å². The smallest absolute Gasteiger partial charge is 0.234 e. The molecular formula is C22H29N5O2S. The molecule has 30 heavy (non-hydrogen) atoms. The van der Waals surface area contributed by atoms with Crippen molar-refractivity contribution in [2.45, 2.75) is 38.6 Å². The third-order valence-corrected chi connectivity index (χ3v) is 6.11. The number of amides is 2. The number of nitrogens with zero attached hydrogens (tertiary/aromatic N) is 3. The van der Waals surface area contributed by atoms with Gasteiger partial charge < -0.3 is 15.5 Å². The summed E-state index contributed by atoms with van der Waals surface area (Å²) >= 11 is 1.39. The molecule has 1 saturated heterocycles. The molecule has 1 aliphatic rings. The van der Waals surface area contributed by atoms with Gasteiger partial charge in [-0.1, -0.05) is 23.9 Å². The Hall–Kier alpha value is -2.61. The number of aryl methyl sites for hydroxylation is 2. The molecule has 1 aliphatic heterocycles. The lowest BCUT2D eigenvalue weighted by atomic mass is 9.96. The van der Waals surface area contributed by atoms with Crippen LogP contribution in [0.5, 0.6) is 0 Å². The van der Waals surface area contributed by atoms with E-state index < -0.39 is 0 Å². The number of nitrogens with one attached hydrogen (secondary N) is 2. The van der Waals surface area contributed by atoms with Crippen LogP contribution in [-0.2, 0) is 9.59 Å². The van der Waals surface area contributed by atoms with Gasteiger partial charge in [-0.2, -0.15) is 0 Å². The number of benzene rings is 1. The number of hydrogen-bond acceptors (Lipinski definition) is 6. The normalized spacial score (nSPS) is 14.4. The summed E-state index contributed by atoms with van der Waals surface area (Å²) in [6, 6.07) is 7.93. The van der Waals surface area contributed by atoms with Crippen LogP contribution in [0.1, 0.15) is 30.9 Å². The van der Waals surface area contributed by atoms with Gasteiger partial charge in [-0.05, 0) is 50.8 Å². The maximum atomic E-state index is 12.4. The molecule has 0 saturated carbocycles. The quantitative estimate of drug-likeness (QED) is 0.521. The Balaban J connectivity index is 1.53. The van der Waals surface area contributed by atoms with Crippen LogP contribution in [-0.4, -0.2) is 47.2 Å². The number of hydrogen-bond donors (Lipinski definition) is 2. The Morgan fingerprint density at radius 3 is 2.67 bits per heavy atom. The molecule has 7 nitrogen and oxygen atoms in total. The van der Waals surface area contributed by atoms with Crippen molar-refractivity contribution in [3.8, 4) is 0 Å². The molecule has 0 aliphatic carbocycles. The number of aromatic nitrogens is 2. The first-order chi connectivity index (χ1) is 14.5. The van der Waals surface area contributed by atoms with Gasteiger partial charge in [0.1, 0.15) is 17.2 Å². The predicted molar refractivity (Wildman–Crippen MR) is 121 cm³/mol. The molecule has 8 heteroatoms. The minimum atomic E-state index is -0.0587. The number of piperidine rings is 1. The molecule has 0 atom stereocenters. The Morgan fingerprint density at radius 1 is 1.17 bits per heavy atom. The Kier molecular flexibility index (Phi) is 7.68. The minimum absolute atomic E-state index is 0.0587. The molecule has 160 valence electrons. The van der Waals surface area contributed by atoms with E-state index in [4.69, 9.17) is 0 Å². The molecule has 2 N–H and O–H groups in total. The van der Waals surface area contributed by atoms with E-state index in [1.807, 2.05) is 45.0 Å². The fourth-order valence-corrected chi connectivity index (χ4v) is 4.13. The molecule has 1 fully saturated rings. The summed E-state index contributed by atoms with van der Waals surface area (Å²) in [5.74, 6) is 1.29. The highest BCUT2D eigenvalue weighted by atomic mass is 32.2. The van der Waals surface area contributed by atoms with Crippen molar-refractivity contribution < 1.29 is 9.59 Å². The van der Waals surface area contributed by atoms with Crippen LogP contribution < -0.4 is 15.5 Å². The first kappa shape index (κ1) is 22.1. The Labute approximate surface area is 182 Å². The topological polar surface area (TPSA) is 87.2 Å². The Bertz CT molecular complexity index is 897. The molecule has 3 rings (SSSR count). The lowest BCUT2D eigenvalue weighted by Gasteiger charge is -2.32. The van der Waals surface area contributed by atoms with E-state index >= 15 is 0 Å². The van der Waals surface area contributed by atoms with E-state index in [1.165, 1.54) is 18.1 Å². The fourth-order valence-electron chi connectivity index (χ4n) is 3.47. The van der Waals surface area contributed by atoms with Crippen LogP contribution in [0.2, 0.25) is 0 Å². The average Bonchev–Trinajstić information content (AvgIpc) is 2.75. The monoisotopic (exact) mass is 427 g/mol. The van der Waals surface area contributed by atoms with Gasteiger partial charge in [0.25, 0.3) is 0 Å². The minimum Gasteiger partial charge on any atom is -0.356 e. The van der Waals surface area contributed by atoms with Crippen molar-refractivity contribution in [1.82, 2.24) is 15.3 Å². The number of rotatable bonds is 7. The van der Waals surface area contributed by atoms with Gasteiger partial charge in [0, 0.05) is 37.3 Å². The second-order valence-electron chi connectivity index (χ2n) is 7.53. The van der Waals surface area contributed by atoms with Crippen LogP contribution in [0.4, 0.5) is 11.5 Å². The summed E-state index contributed by atoms with van der Waals surface area (Å²) in [4.78, 5) is 35.2. The zero-order chi connectivity index (χ0) is 21.5. The molecule has 0 unspecified atom stereocenters. The van der Waals surface area contributed by atoms with E-state index in [0.29, 0.717) is 6.54 Å². The zero-order valence-electron chi connectivity index (χ0n) is 17.8. The van der Waals surface area contributed by atoms with Crippen molar-refractivity contribution in [3.05, 3.63) is 41.7 Å². The van der Waals surface area contributed by atoms with Gasteiger partial charge in [-0.15, -0.1) is 0 Å². The summed E-state index contributed by atoms with van der Waals surface area (Å²) < 4.78 is 0. The standard InChI is InChI=1S/C22H29N5O2S/c1-4-23-22(29)17-7-9-27(10-8-17)19-12-21(25-14-24-19)30-13-20(28)26-18-11-15(2)5-6-16(18)3/h5-6,11-12,14,17H,4,7-10,13H2,1-3H3,(H,23,29)(H,26,28). The van der Waals surface area contributed by atoms with E-state index in [9.17, 15) is 9.59 Å².